The van der Waals surface area contributed by atoms with E-state index in [9.17, 15) is 0 Å². The smallest absolute Gasteiger partial charge is 0.191 e. The maximum atomic E-state index is 5.94. The van der Waals surface area contributed by atoms with Gasteiger partial charge in [-0.1, -0.05) is 24.3 Å². The van der Waals surface area contributed by atoms with E-state index in [0.717, 1.165) is 40.7 Å². The Kier molecular flexibility index (Phi) is 12.0. The molecular weight excluding hydrogens is 406 g/mol. The molecule has 0 aliphatic rings. The highest BCUT2D eigenvalue weighted by Gasteiger charge is 2.06. The standard InChI is InChI=1S/C25H37N3O4/c1-5-26-25(27-18-21-8-11-23(12-9-21)31-15-13-29-4)28-19-22-10-7-20(3)17-24(22)32-16-14-30-6-2/h7-12,17H,5-6,13-16,18-19H2,1-4H3,(H2,26,27,28). The van der Waals surface area contributed by atoms with Crippen LogP contribution in [0.15, 0.2) is 47.5 Å². The van der Waals surface area contributed by atoms with Crippen LogP contribution in [0.2, 0.25) is 0 Å². The van der Waals surface area contributed by atoms with Gasteiger partial charge in [0.2, 0.25) is 0 Å². The van der Waals surface area contributed by atoms with Gasteiger partial charge in [-0.05, 0) is 50.1 Å². The molecule has 7 nitrogen and oxygen atoms in total. The highest BCUT2D eigenvalue weighted by Crippen LogP contribution is 2.20. The summed E-state index contributed by atoms with van der Waals surface area (Å²) in [6.45, 7) is 11.0. The average molecular weight is 444 g/mol. The third-order valence-corrected chi connectivity index (χ3v) is 4.60. The van der Waals surface area contributed by atoms with Crippen LogP contribution in [0.4, 0.5) is 0 Å². The van der Waals surface area contributed by atoms with Gasteiger partial charge >= 0.3 is 0 Å². The van der Waals surface area contributed by atoms with Crippen molar-refractivity contribution in [2.24, 2.45) is 4.99 Å². The van der Waals surface area contributed by atoms with Crippen molar-refractivity contribution in [3.8, 4) is 11.5 Å². The zero-order valence-corrected chi connectivity index (χ0v) is 19.8. The lowest BCUT2D eigenvalue weighted by molar-refractivity contribution is 0.110. The second kappa shape index (κ2) is 15.1. The van der Waals surface area contributed by atoms with Gasteiger partial charge < -0.3 is 29.6 Å². The summed E-state index contributed by atoms with van der Waals surface area (Å²) in [6, 6.07) is 14.2. The molecule has 2 aromatic rings. The van der Waals surface area contributed by atoms with Crippen molar-refractivity contribution in [1.29, 1.82) is 0 Å². The fraction of sp³-hybridized carbons (Fsp3) is 0.480. The summed E-state index contributed by atoms with van der Waals surface area (Å²) in [6.07, 6.45) is 0. The Hall–Kier alpha value is -2.77. The maximum absolute atomic E-state index is 5.94. The van der Waals surface area contributed by atoms with Crippen molar-refractivity contribution in [3.05, 3.63) is 59.2 Å². The first kappa shape index (κ1) is 25.5. The quantitative estimate of drug-likeness (QED) is 0.264. The van der Waals surface area contributed by atoms with Gasteiger partial charge in [-0.3, -0.25) is 0 Å². The third-order valence-electron chi connectivity index (χ3n) is 4.60. The minimum absolute atomic E-state index is 0.531. The first-order valence-corrected chi connectivity index (χ1v) is 11.2. The van der Waals surface area contributed by atoms with Gasteiger partial charge in [-0.2, -0.15) is 0 Å². The van der Waals surface area contributed by atoms with Gasteiger partial charge in [0.1, 0.15) is 24.7 Å². The van der Waals surface area contributed by atoms with E-state index in [1.54, 1.807) is 7.11 Å². The van der Waals surface area contributed by atoms with Crippen molar-refractivity contribution >= 4 is 5.96 Å². The third kappa shape index (κ3) is 9.58. The monoisotopic (exact) mass is 443 g/mol. The van der Waals surface area contributed by atoms with Crippen molar-refractivity contribution in [2.45, 2.75) is 33.9 Å². The molecule has 176 valence electrons. The number of hydrogen-bond donors (Lipinski definition) is 2. The van der Waals surface area contributed by atoms with Crippen LogP contribution < -0.4 is 20.1 Å². The van der Waals surface area contributed by atoms with E-state index in [1.807, 2.05) is 31.2 Å². The van der Waals surface area contributed by atoms with Crippen LogP contribution in [0.1, 0.15) is 30.5 Å². The minimum Gasteiger partial charge on any atom is -0.491 e. The van der Waals surface area contributed by atoms with E-state index >= 15 is 0 Å². The van der Waals surface area contributed by atoms with Crippen LogP contribution in [0.25, 0.3) is 0 Å². The maximum Gasteiger partial charge on any atom is 0.191 e. The molecule has 0 fully saturated rings. The molecule has 0 unspecified atom stereocenters. The Labute approximate surface area is 192 Å². The molecule has 0 atom stereocenters. The molecule has 0 bridgehead atoms. The summed E-state index contributed by atoms with van der Waals surface area (Å²) in [5, 5.41) is 6.70. The first-order chi connectivity index (χ1) is 15.7. The number of hydrogen-bond acceptors (Lipinski definition) is 5. The lowest BCUT2D eigenvalue weighted by Crippen LogP contribution is -2.36. The number of benzene rings is 2. The van der Waals surface area contributed by atoms with Crippen LogP contribution in [-0.2, 0) is 22.6 Å². The Morgan fingerprint density at radius 2 is 1.69 bits per heavy atom. The molecular formula is C25H37N3O4. The van der Waals surface area contributed by atoms with Gasteiger partial charge in [-0.25, -0.2) is 4.99 Å². The molecule has 32 heavy (non-hydrogen) atoms. The van der Waals surface area contributed by atoms with Gasteiger partial charge in [0, 0.05) is 32.4 Å². The number of aliphatic imine (C=N–C) groups is 1. The highest BCUT2D eigenvalue weighted by atomic mass is 16.5. The normalized spacial score (nSPS) is 11.3. The van der Waals surface area contributed by atoms with Crippen molar-refractivity contribution in [1.82, 2.24) is 10.6 Å². The molecule has 0 amide bonds. The molecule has 2 aromatic carbocycles. The molecule has 2 rings (SSSR count). The Morgan fingerprint density at radius 1 is 0.906 bits per heavy atom. The summed E-state index contributed by atoms with van der Waals surface area (Å²) in [7, 11) is 1.66. The molecule has 0 saturated carbocycles. The van der Waals surface area contributed by atoms with Crippen LogP contribution >= 0.6 is 0 Å². The average Bonchev–Trinajstić information content (AvgIpc) is 2.80. The summed E-state index contributed by atoms with van der Waals surface area (Å²) in [4.78, 5) is 4.71. The lowest BCUT2D eigenvalue weighted by atomic mass is 10.1. The zero-order valence-electron chi connectivity index (χ0n) is 19.8. The van der Waals surface area contributed by atoms with Gasteiger partial charge in [-0.15, -0.1) is 0 Å². The summed E-state index contributed by atoms with van der Waals surface area (Å²) >= 11 is 0. The number of guanidine groups is 1. The van der Waals surface area contributed by atoms with Crippen LogP contribution in [0.5, 0.6) is 11.5 Å². The van der Waals surface area contributed by atoms with E-state index in [0.29, 0.717) is 46.1 Å². The molecule has 0 spiro atoms. The van der Waals surface area contributed by atoms with E-state index in [4.69, 9.17) is 23.9 Å². The fourth-order valence-electron chi connectivity index (χ4n) is 2.92. The van der Waals surface area contributed by atoms with E-state index in [2.05, 4.69) is 42.7 Å². The van der Waals surface area contributed by atoms with E-state index in [-0.39, 0.29) is 0 Å². The van der Waals surface area contributed by atoms with Gasteiger partial charge in [0.15, 0.2) is 5.96 Å². The van der Waals surface area contributed by atoms with Crippen molar-refractivity contribution in [2.75, 3.05) is 46.7 Å². The van der Waals surface area contributed by atoms with Gasteiger partial charge in [0.05, 0.1) is 19.8 Å². The SMILES string of the molecule is CCNC(=NCc1ccc(OCCOC)cc1)NCc1ccc(C)cc1OCCOCC. The Morgan fingerprint density at radius 3 is 2.41 bits per heavy atom. The summed E-state index contributed by atoms with van der Waals surface area (Å²) < 4.78 is 21.9. The molecule has 0 saturated heterocycles. The largest absolute Gasteiger partial charge is 0.491 e. The van der Waals surface area contributed by atoms with E-state index < -0.39 is 0 Å². The molecule has 0 radical (unpaired) electrons. The van der Waals surface area contributed by atoms with Crippen LogP contribution in [0.3, 0.4) is 0 Å². The minimum atomic E-state index is 0.531. The van der Waals surface area contributed by atoms with Crippen molar-refractivity contribution < 1.29 is 18.9 Å². The predicted octanol–water partition coefficient (Wildman–Crippen LogP) is 3.69. The number of ether oxygens (including phenoxy) is 4. The number of nitrogens with one attached hydrogen (secondary N) is 2. The first-order valence-electron chi connectivity index (χ1n) is 11.2. The second-order valence-corrected chi connectivity index (χ2v) is 7.19. The molecule has 7 heteroatoms. The second-order valence-electron chi connectivity index (χ2n) is 7.19. The van der Waals surface area contributed by atoms with Crippen molar-refractivity contribution in [3.63, 3.8) is 0 Å². The molecule has 0 aromatic heterocycles. The Bertz CT molecular complexity index is 809. The van der Waals surface area contributed by atoms with Gasteiger partial charge in [0.25, 0.3) is 0 Å². The lowest BCUT2D eigenvalue weighted by Gasteiger charge is -2.15. The van der Waals surface area contributed by atoms with E-state index in [1.165, 1.54) is 0 Å². The highest BCUT2D eigenvalue weighted by molar-refractivity contribution is 5.79. The Balaban J connectivity index is 1.94. The predicted molar refractivity (Wildman–Crippen MR) is 129 cm³/mol. The number of methoxy groups -OCH3 is 1. The number of nitrogens with zero attached hydrogens (tertiary/aromatic N) is 1. The van der Waals surface area contributed by atoms with Crippen LogP contribution in [0, 0.1) is 6.92 Å². The number of aryl methyl sites for hydroxylation is 1. The summed E-state index contributed by atoms with van der Waals surface area (Å²) in [5.41, 5.74) is 3.35. The molecule has 0 heterocycles. The molecule has 2 N–H and O–H groups in total. The number of rotatable bonds is 14. The zero-order chi connectivity index (χ0) is 23.0. The topological polar surface area (TPSA) is 73.3 Å². The van der Waals surface area contributed by atoms with Crippen LogP contribution in [-0.4, -0.2) is 52.6 Å². The fourth-order valence-corrected chi connectivity index (χ4v) is 2.92. The molecule has 0 aliphatic carbocycles. The summed E-state index contributed by atoms with van der Waals surface area (Å²) in [5.74, 6) is 2.46. The molecule has 0 aliphatic heterocycles.